The Bertz CT molecular complexity index is 1060. The van der Waals surface area contributed by atoms with E-state index in [-0.39, 0.29) is 11.3 Å². The highest BCUT2D eigenvalue weighted by Crippen LogP contribution is 2.31. The number of anilines is 2. The van der Waals surface area contributed by atoms with Crippen LogP contribution in [0.1, 0.15) is 47.2 Å². The van der Waals surface area contributed by atoms with Crippen LogP contribution in [0, 0.1) is 10.8 Å². The van der Waals surface area contributed by atoms with Crippen molar-refractivity contribution in [1.82, 2.24) is 20.0 Å². The van der Waals surface area contributed by atoms with Crippen LogP contribution in [0.5, 0.6) is 0 Å². The van der Waals surface area contributed by atoms with E-state index >= 15 is 0 Å². The van der Waals surface area contributed by atoms with Gasteiger partial charge in [0.05, 0.1) is 27.9 Å². The van der Waals surface area contributed by atoms with Gasteiger partial charge in [0, 0.05) is 12.0 Å². The minimum Gasteiger partial charge on any atom is -0.378 e. The molecule has 2 N–H and O–H groups in total. The highest BCUT2D eigenvalue weighted by atomic mass is 79.9. The van der Waals surface area contributed by atoms with Crippen LogP contribution >= 0.6 is 15.9 Å². The van der Waals surface area contributed by atoms with Crippen molar-refractivity contribution >= 4 is 44.4 Å². The summed E-state index contributed by atoms with van der Waals surface area (Å²) >= 11 is 3.66. The molecule has 2 heterocycles. The van der Waals surface area contributed by atoms with E-state index < -0.39 is 5.41 Å². The van der Waals surface area contributed by atoms with E-state index in [4.69, 9.17) is 0 Å². The molecule has 0 fully saturated rings. The molecule has 0 bridgehead atoms. The fraction of sp³-hybridized carbons (Fsp3) is 0.455. The molecule has 160 valence electrons. The number of hydrogen-bond donors (Lipinski definition) is 2. The van der Waals surface area contributed by atoms with E-state index in [1.54, 1.807) is 6.07 Å². The summed E-state index contributed by atoms with van der Waals surface area (Å²) in [5, 5.41) is 14.9. The van der Waals surface area contributed by atoms with Gasteiger partial charge in [-0.15, -0.1) is 5.10 Å². The molecule has 30 heavy (non-hydrogen) atoms. The third-order valence-corrected chi connectivity index (χ3v) is 5.24. The number of benzene rings is 1. The quantitative estimate of drug-likeness (QED) is 0.530. The SMILES string of the molecule is CC(C)(C)Cn1nnc2c(Br)c(NCc3cccc(NC(=O)C(C)(C)C)n3)ccc21. The Morgan fingerprint density at radius 2 is 1.83 bits per heavy atom. The van der Waals surface area contributed by atoms with Crippen molar-refractivity contribution in [3.63, 3.8) is 0 Å². The lowest BCUT2D eigenvalue weighted by molar-refractivity contribution is -0.123. The van der Waals surface area contributed by atoms with Gasteiger partial charge in [-0.25, -0.2) is 9.67 Å². The molecule has 0 aliphatic carbocycles. The molecule has 0 saturated heterocycles. The molecule has 1 aromatic carbocycles. The number of halogens is 1. The lowest BCUT2D eigenvalue weighted by atomic mass is 9.96. The van der Waals surface area contributed by atoms with Gasteiger partial charge in [0.25, 0.3) is 0 Å². The Labute approximate surface area is 185 Å². The van der Waals surface area contributed by atoms with Gasteiger partial charge in [-0.3, -0.25) is 4.79 Å². The largest absolute Gasteiger partial charge is 0.378 e. The summed E-state index contributed by atoms with van der Waals surface area (Å²) < 4.78 is 2.81. The summed E-state index contributed by atoms with van der Waals surface area (Å²) in [6, 6.07) is 9.65. The highest BCUT2D eigenvalue weighted by molar-refractivity contribution is 9.10. The minimum atomic E-state index is -0.472. The van der Waals surface area contributed by atoms with E-state index in [0.29, 0.717) is 12.4 Å². The van der Waals surface area contributed by atoms with Gasteiger partial charge >= 0.3 is 0 Å². The highest BCUT2D eigenvalue weighted by Gasteiger charge is 2.21. The molecule has 1 amide bonds. The number of amides is 1. The molecule has 0 aliphatic rings. The molecule has 0 radical (unpaired) electrons. The molecular formula is C22H29BrN6O. The normalized spacial score (nSPS) is 12.2. The first-order chi connectivity index (χ1) is 13.9. The molecule has 3 aromatic rings. The van der Waals surface area contributed by atoms with Crippen molar-refractivity contribution in [2.75, 3.05) is 10.6 Å². The first kappa shape index (κ1) is 22.2. The third kappa shape index (κ3) is 5.36. The number of pyridine rings is 1. The van der Waals surface area contributed by atoms with Gasteiger partial charge in [0.2, 0.25) is 5.91 Å². The summed E-state index contributed by atoms with van der Waals surface area (Å²) in [7, 11) is 0. The zero-order chi connectivity index (χ0) is 22.1. The van der Waals surface area contributed by atoms with Crippen LogP contribution in [-0.4, -0.2) is 25.9 Å². The van der Waals surface area contributed by atoms with E-state index in [2.05, 4.69) is 62.6 Å². The Hall–Kier alpha value is -2.48. The first-order valence-corrected chi connectivity index (χ1v) is 10.8. The van der Waals surface area contributed by atoms with E-state index in [9.17, 15) is 4.79 Å². The summed E-state index contributed by atoms with van der Waals surface area (Å²) in [5.74, 6) is 0.487. The van der Waals surface area contributed by atoms with Gasteiger partial charge in [-0.2, -0.15) is 0 Å². The molecule has 0 atom stereocenters. The van der Waals surface area contributed by atoms with Gasteiger partial charge < -0.3 is 10.6 Å². The van der Waals surface area contributed by atoms with Crippen LogP contribution in [-0.2, 0) is 17.9 Å². The van der Waals surface area contributed by atoms with E-state index in [1.165, 1.54) is 0 Å². The summed E-state index contributed by atoms with van der Waals surface area (Å²) in [4.78, 5) is 16.7. The summed E-state index contributed by atoms with van der Waals surface area (Å²) in [6.07, 6.45) is 0. The Morgan fingerprint density at radius 1 is 1.10 bits per heavy atom. The van der Waals surface area contributed by atoms with Gasteiger partial charge in [0.15, 0.2) is 0 Å². The Kier molecular flexibility index (Phi) is 6.17. The second kappa shape index (κ2) is 8.34. The number of aromatic nitrogens is 4. The predicted molar refractivity (Wildman–Crippen MR) is 124 cm³/mol. The molecule has 0 unspecified atom stereocenters. The molecule has 7 nitrogen and oxygen atoms in total. The molecule has 0 spiro atoms. The van der Waals surface area contributed by atoms with Crippen molar-refractivity contribution in [1.29, 1.82) is 0 Å². The van der Waals surface area contributed by atoms with Crippen LogP contribution in [0.4, 0.5) is 11.5 Å². The summed E-state index contributed by atoms with van der Waals surface area (Å²) in [5.41, 5.74) is 3.20. The Morgan fingerprint density at radius 3 is 2.50 bits per heavy atom. The molecular weight excluding hydrogens is 444 g/mol. The fourth-order valence-electron chi connectivity index (χ4n) is 2.84. The van der Waals surface area contributed by atoms with Crippen molar-refractivity contribution < 1.29 is 4.79 Å². The summed E-state index contributed by atoms with van der Waals surface area (Å²) in [6.45, 7) is 13.5. The average Bonchev–Trinajstić information content (AvgIpc) is 3.02. The van der Waals surface area contributed by atoms with E-state index in [1.807, 2.05) is 49.7 Å². The predicted octanol–water partition coefficient (Wildman–Crippen LogP) is 5.23. The zero-order valence-corrected chi connectivity index (χ0v) is 20.0. The van der Waals surface area contributed by atoms with Crippen LogP contribution in [0.15, 0.2) is 34.8 Å². The van der Waals surface area contributed by atoms with Crippen molar-refractivity contribution in [2.45, 2.75) is 54.6 Å². The molecule has 0 saturated carbocycles. The van der Waals surface area contributed by atoms with Crippen molar-refractivity contribution in [2.24, 2.45) is 10.8 Å². The number of rotatable bonds is 5. The number of carbonyl (C=O) groups excluding carboxylic acids is 1. The topological polar surface area (TPSA) is 84.7 Å². The zero-order valence-electron chi connectivity index (χ0n) is 18.4. The second-order valence-electron chi connectivity index (χ2n) is 9.67. The van der Waals surface area contributed by atoms with Crippen LogP contribution in [0.3, 0.4) is 0 Å². The number of nitrogens with one attached hydrogen (secondary N) is 2. The molecule has 0 aliphatic heterocycles. The Balaban J connectivity index is 1.74. The van der Waals surface area contributed by atoms with Crippen LogP contribution in [0.25, 0.3) is 11.0 Å². The third-order valence-electron chi connectivity index (χ3n) is 4.44. The number of fused-ring (bicyclic) bond motifs is 1. The van der Waals surface area contributed by atoms with E-state index in [0.717, 1.165) is 33.4 Å². The van der Waals surface area contributed by atoms with Gasteiger partial charge in [-0.1, -0.05) is 52.8 Å². The maximum absolute atomic E-state index is 12.2. The number of hydrogen-bond acceptors (Lipinski definition) is 5. The average molecular weight is 473 g/mol. The smallest absolute Gasteiger partial charge is 0.230 e. The maximum atomic E-state index is 12.2. The van der Waals surface area contributed by atoms with Crippen LogP contribution in [0.2, 0.25) is 0 Å². The monoisotopic (exact) mass is 472 g/mol. The lowest BCUT2D eigenvalue weighted by Crippen LogP contribution is -2.28. The fourth-order valence-corrected chi connectivity index (χ4v) is 3.40. The number of carbonyl (C=O) groups is 1. The van der Waals surface area contributed by atoms with Gasteiger partial charge in [0.1, 0.15) is 11.3 Å². The van der Waals surface area contributed by atoms with Crippen LogP contribution < -0.4 is 10.6 Å². The number of nitrogens with zero attached hydrogens (tertiary/aromatic N) is 4. The first-order valence-electron chi connectivity index (χ1n) is 9.97. The van der Waals surface area contributed by atoms with Gasteiger partial charge in [-0.05, 0) is 45.6 Å². The lowest BCUT2D eigenvalue weighted by Gasteiger charge is -2.18. The van der Waals surface area contributed by atoms with Crippen molar-refractivity contribution in [3.05, 3.63) is 40.5 Å². The van der Waals surface area contributed by atoms with Crippen molar-refractivity contribution in [3.8, 4) is 0 Å². The maximum Gasteiger partial charge on any atom is 0.230 e. The standard InChI is InChI=1S/C22H29BrN6O/c1-21(2,3)13-29-16-11-10-15(18(23)19(16)27-28-29)24-12-14-8-7-9-17(25-14)26-20(30)22(4,5)6/h7-11,24H,12-13H2,1-6H3,(H,25,26,30). The molecule has 8 heteroatoms. The molecule has 3 rings (SSSR count). The second-order valence-corrected chi connectivity index (χ2v) is 10.5. The molecule has 2 aromatic heterocycles. The minimum absolute atomic E-state index is 0.0633.